The van der Waals surface area contributed by atoms with Crippen molar-refractivity contribution in [1.29, 1.82) is 0 Å². The molecular weight excluding hydrogens is 406 g/mol. The first kappa shape index (κ1) is 16.2. The highest BCUT2D eigenvalue weighted by atomic mass is 79.9. The standard InChI is InChI=1S/C16H8BrCl2FN2O/c17-11-5-8(1-3-13(11)20)6-12(19)15-21-14-4-2-9(18)7-10(14)16(23)22-15/h1-7H,(H,21,22,23)/b12-6-. The normalized spacial score (nSPS) is 11.9. The third kappa shape index (κ3) is 3.47. The van der Waals surface area contributed by atoms with Crippen LogP contribution in [0.1, 0.15) is 11.4 Å². The van der Waals surface area contributed by atoms with Crippen LogP contribution in [0, 0.1) is 5.82 Å². The van der Waals surface area contributed by atoms with E-state index in [1.165, 1.54) is 6.07 Å². The van der Waals surface area contributed by atoms with Crippen molar-refractivity contribution in [3.63, 3.8) is 0 Å². The van der Waals surface area contributed by atoms with Gasteiger partial charge in [0.2, 0.25) is 0 Å². The molecule has 0 aliphatic carbocycles. The number of H-pyrrole nitrogens is 1. The summed E-state index contributed by atoms with van der Waals surface area (Å²) in [6, 6.07) is 9.31. The summed E-state index contributed by atoms with van der Waals surface area (Å²) in [5, 5.41) is 1.07. The van der Waals surface area contributed by atoms with E-state index in [2.05, 4.69) is 25.9 Å². The van der Waals surface area contributed by atoms with Crippen molar-refractivity contribution in [3.05, 3.63) is 73.5 Å². The number of hydrogen-bond acceptors (Lipinski definition) is 2. The number of fused-ring (bicyclic) bond motifs is 1. The fraction of sp³-hybridized carbons (Fsp3) is 0. The third-order valence-corrected chi connectivity index (χ3v) is 4.26. The van der Waals surface area contributed by atoms with Crippen LogP contribution in [0.4, 0.5) is 4.39 Å². The molecule has 3 aromatic rings. The summed E-state index contributed by atoms with van der Waals surface area (Å²) in [6.45, 7) is 0. The lowest BCUT2D eigenvalue weighted by atomic mass is 10.2. The molecular formula is C16H8BrCl2FN2O. The van der Waals surface area contributed by atoms with E-state index in [-0.39, 0.29) is 22.2 Å². The molecule has 2 aromatic carbocycles. The molecule has 7 heteroatoms. The molecule has 0 unspecified atom stereocenters. The molecule has 0 amide bonds. The lowest BCUT2D eigenvalue weighted by Gasteiger charge is -2.03. The van der Waals surface area contributed by atoms with Gasteiger partial charge in [-0.15, -0.1) is 0 Å². The highest BCUT2D eigenvalue weighted by Crippen LogP contribution is 2.23. The topological polar surface area (TPSA) is 45.8 Å². The van der Waals surface area contributed by atoms with E-state index in [1.807, 2.05) is 0 Å². The Hall–Kier alpha value is -1.69. The van der Waals surface area contributed by atoms with E-state index in [0.717, 1.165) is 0 Å². The predicted octanol–water partition coefficient (Wildman–Crippen LogP) is 5.22. The van der Waals surface area contributed by atoms with E-state index in [9.17, 15) is 9.18 Å². The van der Waals surface area contributed by atoms with Gasteiger partial charge in [0.1, 0.15) is 5.82 Å². The summed E-state index contributed by atoms with van der Waals surface area (Å²) in [7, 11) is 0. The second-order valence-electron chi connectivity index (χ2n) is 4.74. The van der Waals surface area contributed by atoms with Crippen LogP contribution in [-0.4, -0.2) is 9.97 Å². The Labute approximate surface area is 148 Å². The smallest absolute Gasteiger partial charge is 0.259 e. The zero-order valence-electron chi connectivity index (χ0n) is 11.4. The maximum absolute atomic E-state index is 13.2. The minimum absolute atomic E-state index is 0.229. The Morgan fingerprint density at radius 1 is 1.26 bits per heavy atom. The average Bonchev–Trinajstić information content (AvgIpc) is 2.51. The molecule has 0 aliphatic rings. The lowest BCUT2D eigenvalue weighted by molar-refractivity contribution is 0.621. The van der Waals surface area contributed by atoms with Crippen molar-refractivity contribution < 1.29 is 4.39 Å². The molecule has 23 heavy (non-hydrogen) atoms. The molecule has 116 valence electrons. The fourth-order valence-corrected chi connectivity index (χ4v) is 2.82. The van der Waals surface area contributed by atoms with Gasteiger partial charge in [0.15, 0.2) is 5.82 Å². The molecule has 3 nitrogen and oxygen atoms in total. The van der Waals surface area contributed by atoms with Gasteiger partial charge in [-0.1, -0.05) is 29.3 Å². The van der Waals surface area contributed by atoms with Gasteiger partial charge in [-0.05, 0) is 57.9 Å². The molecule has 1 N–H and O–H groups in total. The highest BCUT2D eigenvalue weighted by molar-refractivity contribution is 9.10. The minimum atomic E-state index is -0.368. The number of nitrogens with one attached hydrogen (secondary N) is 1. The van der Waals surface area contributed by atoms with E-state index in [0.29, 0.717) is 26.0 Å². The van der Waals surface area contributed by atoms with Crippen molar-refractivity contribution in [2.45, 2.75) is 0 Å². The fourth-order valence-electron chi connectivity index (χ4n) is 2.04. The van der Waals surface area contributed by atoms with Crippen molar-refractivity contribution in [2.75, 3.05) is 0 Å². The molecule has 3 rings (SSSR count). The van der Waals surface area contributed by atoms with Crippen molar-refractivity contribution >= 4 is 61.1 Å². The monoisotopic (exact) mass is 412 g/mol. The maximum Gasteiger partial charge on any atom is 0.259 e. The quantitative estimate of drug-likeness (QED) is 0.626. The lowest BCUT2D eigenvalue weighted by Crippen LogP contribution is -2.10. The zero-order chi connectivity index (χ0) is 16.6. The molecule has 0 saturated heterocycles. The van der Waals surface area contributed by atoms with E-state index < -0.39 is 0 Å². The van der Waals surface area contributed by atoms with E-state index in [4.69, 9.17) is 23.2 Å². The Bertz CT molecular complexity index is 1000. The molecule has 0 saturated carbocycles. The van der Waals surface area contributed by atoms with Gasteiger partial charge in [0, 0.05) is 5.02 Å². The maximum atomic E-state index is 13.2. The Kier molecular flexibility index (Phi) is 4.53. The second-order valence-corrected chi connectivity index (χ2v) is 6.44. The highest BCUT2D eigenvalue weighted by Gasteiger charge is 2.08. The Morgan fingerprint density at radius 2 is 2.04 bits per heavy atom. The molecule has 0 spiro atoms. The van der Waals surface area contributed by atoms with Crippen LogP contribution in [0.25, 0.3) is 22.0 Å². The Balaban J connectivity index is 2.08. The summed E-state index contributed by atoms with van der Waals surface area (Å²) < 4.78 is 13.6. The number of halogens is 4. The predicted molar refractivity (Wildman–Crippen MR) is 95.2 cm³/mol. The van der Waals surface area contributed by atoms with Gasteiger partial charge in [-0.3, -0.25) is 4.79 Å². The van der Waals surface area contributed by atoms with Crippen LogP contribution in [0.5, 0.6) is 0 Å². The third-order valence-electron chi connectivity index (χ3n) is 3.13. The molecule has 1 aromatic heterocycles. The molecule has 1 heterocycles. The molecule has 0 atom stereocenters. The van der Waals surface area contributed by atoms with Crippen LogP contribution in [-0.2, 0) is 0 Å². The average molecular weight is 414 g/mol. The summed E-state index contributed by atoms with van der Waals surface area (Å²) in [6.07, 6.45) is 1.59. The number of hydrogen-bond donors (Lipinski definition) is 1. The Morgan fingerprint density at radius 3 is 2.78 bits per heavy atom. The molecule has 0 fully saturated rings. The van der Waals surface area contributed by atoms with Crippen LogP contribution in [0.15, 0.2) is 45.7 Å². The van der Waals surface area contributed by atoms with Gasteiger partial charge in [0.25, 0.3) is 5.56 Å². The first-order valence-corrected chi connectivity index (χ1v) is 8.01. The van der Waals surface area contributed by atoms with Crippen LogP contribution in [0.3, 0.4) is 0 Å². The summed E-state index contributed by atoms with van der Waals surface area (Å²) in [5.41, 5.74) is 0.821. The number of aromatic amines is 1. The van der Waals surface area contributed by atoms with Crippen molar-refractivity contribution in [3.8, 4) is 0 Å². The number of aromatic nitrogens is 2. The van der Waals surface area contributed by atoms with Gasteiger partial charge in [-0.25, -0.2) is 9.37 Å². The number of benzene rings is 2. The molecule has 0 radical (unpaired) electrons. The van der Waals surface area contributed by atoms with Gasteiger partial charge in [0.05, 0.1) is 20.4 Å². The first-order valence-electron chi connectivity index (χ1n) is 6.46. The van der Waals surface area contributed by atoms with Crippen LogP contribution < -0.4 is 5.56 Å². The van der Waals surface area contributed by atoms with Crippen LogP contribution >= 0.6 is 39.1 Å². The van der Waals surface area contributed by atoms with E-state index in [1.54, 1.807) is 36.4 Å². The first-order chi connectivity index (χ1) is 10.9. The number of rotatable bonds is 2. The second kappa shape index (κ2) is 6.43. The molecule has 0 bridgehead atoms. The number of nitrogens with zero attached hydrogens (tertiary/aromatic N) is 1. The van der Waals surface area contributed by atoms with Crippen molar-refractivity contribution in [1.82, 2.24) is 9.97 Å². The van der Waals surface area contributed by atoms with Crippen molar-refractivity contribution in [2.24, 2.45) is 0 Å². The van der Waals surface area contributed by atoms with Gasteiger partial charge in [-0.2, -0.15) is 0 Å². The van der Waals surface area contributed by atoms with E-state index >= 15 is 0 Å². The molecule has 0 aliphatic heterocycles. The largest absolute Gasteiger partial charge is 0.305 e. The SMILES string of the molecule is O=c1[nH]c(/C(Cl)=C/c2ccc(F)c(Br)c2)nc2ccc(Cl)cc12. The van der Waals surface area contributed by atoms with Crippen LogP contribution in [0.2, 0.25) is 5.02 Å². The summed E-state index contributed by atoms with van der Waals surface area (Å²) in [4.78, 5) is 19.0. The van der Waals surface area contributed by atoms with Gasteiger partial charge < -0.3 is 4.98 Å². The zero-order valence-corrected chi connectivity index (χ0v) is 14.5. The summed E-state index contributed by atoms with van der Waals surface area (Å²) >= 11 is 15.2. The summed E-state index contributed by atoms with van der Waals surface area (Å²) in [5.74, 6) is -0.140. The minimum Gasteiger partial charge on any atom is -0.305 e. The van der Waals surface area contributed by atoms with Gasteiger partial charge >= 0.3 is 0 Å².